The van der Waals surface area contributed by atoms with Crippen LogP contribution in [0.4, 0.5) is 10.1 Å². The maximum atomic E-state index is 13.1. The summed E-state index contributed by atoms with van der Waals surface area (Å²) in [5, 5.41) is 5.67. The molecule has 1 saturated heterocycles. The molecular formula is C25H29FN2O4. The van der Waals surface area contributed by atoms with E-state index in [2.05, 4.69) is 10.6 Å². The predicted octanol–water partition coefficient (Wildman–Crippen LogP) is 4.40. The van der Waals surface area contributed by atoms with Crippen LogP contribution >= 0.6 is 0 Å². The summed E-state index contributed by atoms with van der Waals surface area (Å²) < 4.78 is 24.8. The third-order valence-corrected chi connectivity index (χ3v) is 6.28. The van der Waals surface area contributed by atoms with Crippen LogP contribution in [0.5, 0.6) is 11.5 Å². The fourth-order valence-corrected chi connectivity index (χ4v) is 4.53. The maximum absolute atomic E-state index is 13.1. The van der Waals surface area contributed by atoms with Gasteiger partial charge in [0, 0.05) is 30.5 Å². The number of carbonyl (C=O) groups is 2. The highest BCUT2D eigenvalue weighted by atomic mass is 19.1. The van der Waals surface area contributed by atoms with Crippen molar-refractivity contribution >= 4 is 17.5 Å². The molecule has 2 aromatic rings. The minimum atomic E-state index is -0.435. The molecule has 2 N–H and O–H groups in total. The minimum absolute atomic E-state index is 0.0707. The average molecular weight is 441 g/mol. The summed E-state index contributed by atoms with van der Waals surface area (Å²) in [5.41, 5.74) is 1.57. The lowest BCUT2D eigenvalue weighted by atomic mass is 9.83. The highest BCUT2D eigenvalue weighted by molar-refractivity contribution is 5.94. The third kappa shape index (κ3) is 5.39. The van der Waals surface area contributed by atoms with E-state index in [1.807, 2.05) is 18.2 Å². The van der Waals surface area contributed by atoms with Gasteiger partial charge in [0.15, 0.2) is 11.5 Å². The van der Waals surface area contributed by atoms with E-state index >= 15 is 0 Å². The van der Waals surface area contributed by atoms with Crippen molar-refractivity contribution in [3.05, 3.63) is 53.8 Å². The van der Waals surface area contributed by atoms with Crippen LogP contribution in [-0.2, 0) is 9.59 Å². The van der Waals surface area contributed by atoms with Crippen LogP contribution in [0, 0.1) is 11.7 Å². The normalized spacial score (nSPS) is 21.1. The Hall–Kier alpha value is -3.09. The Kier molecular flexibility index (Phi) is 6.93. The van der Waals surface area contributed by atoms with Crippen LogP contribution in [-0.4, -0.2) is 31.6 Å². The SMILES string of the molecule is COc1ccc([C@H]2CNC(=O)C(CC(=O)Nc3ccc(F)cc3)C2)cc1OC1CCCC1. The van der Waals surface area contributed by atoms with Gasteiger partial charge in [0.05, 0.1) is 13.2 Å². The molecule has 7 heteroatoms. The molecule has 1 aliphatic heterocycles. The van der Waals surface area contributed by atoms with Gasteiger partial charge in [-0.3, -0.25) is 9.59 Å². The lowest BCUT2D eigenvalue weighted by Gasteiger charge is -2.29. The zero-order valence-electron chi connectivity index (χ0n) is 18.2. The smallest absolute Gasteiger partial charge is 0.225 e. The minimum Gasteiger partial charge on any atom is -0.493 e. The zero-order valence-corrected chi connectivity index (χ0v) is 18.2. The summed E-state index contributed by atoms with van der Waals surface area (Å²) in [6.07, 6.45) is 5.33. The van der Waals surface area contributed by atoms with Gasteiger partial charge >= 0.3 is 0 Å². The summed E-state index contributed by atoms with van der Waals surface area (Å²) in [6, 6.07) is 11.5. The Morgan fingerprint density at radius 2 is 1.88 bits per heavy atom. The quantitative estimate of drug-likeness (QED) is 0.669. The van der Waals surface area contributed by atoms with Crippen molar-refractivity contribution in [3.8, 4) is 11.5 Å². The number of halogens is 1. The molecule has 1 saturated carbocycles. The highest BCUT2D eigenvalue weighted by Gasteiger charge is 2.31. The van der Waals surface area contributed by atoms with Gasteiger partial charge in [-0.1, -0.05) is 6.07 Å². The van der Waals surface area contributed by atoms with E-state index < -0.39 is 5.92 Å². The molecule has 170 valence electrons. The Morgan fingerprint density at radius 1 is 1.12 bits per heavy atom. The van der Waals surface area contributed by atoms with E-state index in [-0.39, 0.29) is 36.1 Å². The summed E-state index contributed by atoms with van der Waals surface area (Å²) in [4.78, 5) is 24.9. The van der Waals surface area contributed by atoms with Crippen molar-refractivity contribution in [1.82, 2.24) is 5.32 Å². The fourth-order valence-electron chi connectivity index (χ4n) is 4.53. The Balaban J connectivity index is 1.42. The first-order valence-corrected chi connectivity index (χ1v) is 11.2. The number of methoxy groups -OCH3 is 1. The van der Waals surface area contributed by atoms with E-state index in [1.54, 1.807) is 7.11 Å². The molecule has 0 spiro atoms. The Morgan fingerprint density at radius 3 is 2.59 bits per heavy atom. The molecular weight excluding hydrogens is 411 g/mol. The van der Waals surface area contributed by atoms with Crippen LogP contribution < -0.4 is 20.1 Å². The second-order valence-electron chi connectivity index (χ2n) is 8.57. The molecule has 2 atom stereocenters. The number of nitrogens with one attached hydrogen (secondary N) is 2. The topological polar surface area (TPSA) is 76.7 Å². The van der Waals surface area contributed by atoms with Crippen LogP contribution in [0.1, 0.15) is 50.0 Å². The standard InChI is InChI=1S/C25H29FN2O4/c1-31-22-11-6-16(13-23(22)32-21-4-2-3-5-21)18-12-17(25(30)27-15-18)14-24(29)28-20-9-7-19(26)8-10-20/h6-11,13,17-18,21H,2-5,12,14-15H2,1H3,(H,27,30)(H,28,29)/t17?,18-/m1/s1. The van der Waals surface area contributed by atoms with Gasteiger partial charge in [0.1, 0.15) is 5.82 Å². The van der Waals surface area contributed by atoms with Gasteiger partial charge in [-0.2, -0.15) is 0 Å². The van der Waals surface area contributed by atoms with E-state index in [0.717, 1.165) is 24.2 Å². The monoisotopic (exact) mass is 440 g/mol. The van der Waals surface area contributed by atoms with Gasteiger partial charge < -0.3 is 20.1 Å². The molecule has 0 bridgehead atoms. The number of anilines is 1. The molecule has 2 amide bonds. The molecule has 6 nitrogen and oxygen atoms in total. The molecule has 2 fully saturated rings. The third-order valence-electron chi connectivity index (χ3n) is 6.28. The van der Waals surface area contributed by atoms with Crippen LogP contribution in [0.2, 0.25) is 0 Å². The van der Waals surface area contributed by atoms with Crippen molar-refractivity contribution in [2.24, 2.45) is 5.92 Å². The van der Waals surface area contributed by atoms with Crippen molar-refractivity contribution in [2.75, 3.05) is 19.0 Å². The van der Waals surface area contributed by atoms with Crippen LogP contribution in [0.15, 0.2) is 42.5 Å². The Bertz CT molecular complexity index is 957. The summed E-state index contributed by atoms with van der Waals surface area (Å²) in [6.45, 7) is 0.518. The lowest BCUT2D eigenvalue weighted by Crippen LogP contribution is -2.42. The van der Waals surface area contributed by atoms with E-state index in [9.17, 15) is 14.0 Å². The Labute approximate surface area is 187 Å². The van der Waals surface area contributed by atoms with Crippen molar-refractivity contribution in [3.63, 3.8) is 0 Å². The van der Waals surface area contributed by atoms with E-state index in [0.29, 0.717) is 24.4 Å². The van der Waals surface area contributed by atoms with Crippen molar-refractivity contribution in [2.45, 2.75) is 50.5 Å². The molecule has 2 aromatic carbocycles. The molecule has 0 aromatic heterocycles. The first kappa shape index (κ1) is 22.1. The molecule has 1 heterocycles. The molecule has 1 aliphatic carbocycles. The number of hydrogen-bond donors (Lipinski definition) is 2. The first-order valence-electron chi connectivity index (χ1n) is 11.2. The fraction of sp³-hybridized carbons (Fsp3) is 0.440. The van der Waals surface area contributed by atoms with E-state index in [1.165, 1.54) is 37.1 Å². The number of rotatable bonds is 7. The predicted molar refractivity (Wildman–Crippen MR) is 119 cm³/mol. The highest BCUT2D eigenvalue weighted by Crippen LogP contribution is 2.37. The molecule has 4 rings (SSSR count). The van der Waals surface area contributed by atoms with Crippen molar-refractivity contribution < 1.29 is 23.5 Å². The number of benzene rings is 2. The number of ether oxygens (including phenoxy) is 2. The second-order valence-corrected chi connectivity index (χ2v) is 8.57. The summed E-state index contributed by atoms with van der Waals surface area (Å²) in [7, 11) is 1.63. The van der Waals surface area contributed by atoms with Crippen LogP contribution in [0.25, 0.3) is 0 Å². The lowest BCUT2D eigenvalue weighted by molar-refractivity contribution is -0.130. The molecule has 0 radical (unpaired) electrons. The average Bonchev–Trinajstić information content (AvgIpc) is 3.30. The van der Waals surface area contributed by atoms with Gasteiger partial charge in [-0.05, 0) is 74.1 Å². The van der Waals surface area contributed by atoms with Crippen molar-refractivity contribution in [1.29, 1.82) is 0 Å². The number of piperidine rings is 1. The first-order chi connectivity index (χ1) is 15.5. The number of hydrogen-bond acceptors (Lipinski definition) is 4. The number of amides is 2. The van der Waals surface area contributed by atoms with Crippen LogP contribution in [0.3, 0.4) is 0 Å². The second kappa shape index (κ2) is 10.0. The molecule has 1 unspecified atom stereocenters. The largest absolute Gasteiger partial charge is 0.493 e. The number of carbonyl (C=O) groups excluding carboxylic acids is 2. The van der Waals surface area contributed by atoms with Gasteiger partial charge in [0.25, 0.3) is 0 Å². The summed E-state index contributed by atoms with van der Waals surface area (Å²) in [5.74, 6) is 0.330. The van der Waals surface area contributed by atoms with Gasteiger partial charge in [-0.15, -0.1) is 0 Å². The van der Waals surface area contributed by atoms with E-state index in [4.69, 9.17) is 9.47 Å². The van der Waals surface area contributed by atoms with Gasteiger partial charge in [0.2, 0.25) is 11.8 Å². The summed E-state index contributed by atoms with van der Waals surface area (Å²) >= 11 is 0. The maximum Gasteiger partial charge on any atom is 0.225 e. The molecule has 2 aliphatic rings. The zero-order chi connectivity index (χ0) is 22.5. The van der Waals surface area contributed by atoms with Gasteiger partial charge in [-0.25, -0.2) is 4.39 Å². The molecule has 32 heavy (non-hydrogen) atoms.